The molecule has 5 heteroatoms. The van der Waals surface area contributed by atoms with E-state index in [1.165, 1.54) is 0 Å². The van der Waals surface area contributed by atoms with Crippen LogP contribution in [-0.2, 0) is 4.79 Å². The average Bonchev–Trinajstić information content (AvgIpc) is 3.34. The normalized spacial score (nSPS) is 23.8. The molecule has 1 amide bonds. The van der Waals surface area contributed by atoms with Crippen molar-refractivity contribution in [2.24, 2.45) is 0 Å². The molecule has 1 N–H and O–H groups in total. The van der Waals surface area contributed by atoms with E-state index in [0.717, 1.165) is 30.7 Å². The van der Waals surface area contributed by atoms with E-state index in [1.54, 1.807) is 18.4 Å². The third kappa shape index (κ3) is 2.69. The van der Waals surface area contributed by atoms with Crippen molar-refractivity contribution in [1.29, 1.82) is 0 Å². The summed E-state index contributed by atoms with van der Waals surface area (Å²) in [7, 11) is 0. The molecule has 1 aromatic heterocycles. The summed E-state index contributed by atoms with van der Waals surface area (Å²) in [4.78, 5) is 14.9. The van der Waals surface area contributed by atoms with E-state index >= 15 is 0 Å². The Morgan fingerprint density at radius 1 is 1.29 bits per heavy atom. The van der Waals surface area contributed by atoms with Crippen LogP contribution in [0, 0.1) is 0 Å². The number of likely N-dealkylation sites (tertiary alicyclic amines) is 1. The van der Waals surface area contributed by atoms with E-state index in [-0.39, 0.29) is 17.9 Å². The highest BCUT2D eigenvalue weighted by atomic mass is 16.5. The van der Waals surface area contributed by atoms with Crippen molar-refractivity contribution in [2.45, 2.75) is 37.3 Å². The Morgan fingerprint density at radius 2 is 2.17 bits per heavy atom. The van der Waals surface area contributed by atoms with Crippen molar-refractivity contribution in [3.8, 4) is 5.75 Å². The highest BCUT2D eigenvalue weighted by molar-refractivity contribution is 5.86. The van der Waals surface area contributed by atoms with Crippen LogP contribution in [0.2, 0.25) is 0 Å². The molecule has 4 rings (SSSR count). The number of ether oxygens (including phenoxy) is 1. The molecule has 24 heavy (non-hydrogen) atoms. The third-order valence-electron chi connectivity index (χ3n) is 5.03. The predicted molar refractivity (Wildman–Crippen MR) is 87.7 cm³/mol. The Labute approximate surface area is 140 Å². The zero-order valence-electron chi connectivity index (χ0n) is 13.4. The zero-order chi connectivity index (χ0) is 16.5. The van der Waals surface area contributed by atoms with Gasteiger partial charge in [0.15, 0.2) is 0 Å². The first-order valence-electron chi connectivity index (χ1n) is 8.47. The van der Waals surface area contributed by atoms with Crippen LogP contribution in [0.3, 0.4) is 0 Å². The summed E-state index contributed by atoms with van der Waals surface area (Å²) in [6.45, 7) is 1.15. The van der Waals surface area contributed by atoms with Gasteiger partial charge >= 0.3 is 0 Å². The summed E-state index contributed by atoms with van der Waals surface area (Å²) < 4.78 is 10.9. The number of rotatable bonds is 4. The fourth-order valence-corrected chi connectivity index (χ4v) is 3.79. The first-order chi connectivity index (χ1) is 11.7. The SMILES string of the molecule is O=C(C1COc2ccccc21)N1CCCC1CC(O)c1ccco1. The Hall–Kier alpha value is -2.27. The minimum atomic E-state index is -0.675. The maximum Gasteiger partial charge on any atom is 0.233 e. The standard InChI is InChI=1S/C19H21NO4/c21-16(18-8-4-10-23-18)11-13-5-3-9-20(13)19(22)15-12-24-17-7-2-1-6-14(15)17/h1-2,4,6-8,10,13,15-16,21H,3,5,9,11-12H2. The molecule has 3 unspecified atom stereocenters. The summed E-state index contributed by atoms with van der Waals surface area (Å²) in [5.41, 5.74) is 0.972. The van der Waals surface area contributed by atoms with Crippen LogP contribution in [0.5, 0.6) is 5.75 Å². The van der Waals surface area contributed by atoms with Gasteiger partial charge in [-0.05, 0) is 31.0 Å². The van der Waals surface area contributed by atoms with Crippen molar-refractivity contribution in [1.82, 2.24) is 4.90 Å². The number of hydrogen-bond donors (Lipinski definition) is 1. The largest absolute Gasteiger partial charge is 0.492 e. The lowest BCUT2D eigenvalue weighted by molar-refractivity contribution is -0.134. The number of furan rings is 1. The predicted octanol–water partition coefficient (Wildman–Crippen LogP) is 2.87. The monoisotopic (exact) mass is 327 g/mol. The van der Waals surface area contributed by atoms with Gasteiger partial charge in [0.2, 0.25) is 5.91 Å². The number of carbonyl (C=O) groups is 1. The second-order valence-corrected chi connectivity index (χ2v) is 6.50. The van der Waals surface area contributed by atoms with E-state index in [1.807, 2.05) is 29.2 Å². The quantitative estimate of drug-likeness (QED) is 0.938. The van der Waals surface area contributed by atoms with E-state index < -0.39 is 6.10 Å². The molecule has 0 radical (unpaired) electrons. The van der Waals surface area contributed by atoms with Gasteiger partial charge in [0, 0.05) is 24.6 Å². The molecule has 2 aromatic rings. The lowest BCUT2D eigenvalue weighted by Gasteiger charge is -2.28. The van der Waals surface area contributed by atoms with Crippen LogP contribution >= 0.6 is 0 Å². The minimum absolute atomic E-state index is 0.0466. The molecule has 1 fully saturated rings. The fraction of sp³-hybridized carbons (Fsp3) is 0.421. The number of nitrogens with zero attached hydrogens (tertiary/aromatic N) is 1. The lowest BCUT2D eigenvalue weighted by atomic mass is 9.98. The van der Waals surface area contributed by atoms with Crippen molar-refractivity contribution in [3.05, 3.63) is 54.0 Å². The van der Waals surface area contributed by atoms with Gasteiger partial charge in [-0.3, -0.25) is 4.79 Å². The molecule has 0 aliphatic carbocycles. The van der Waals surface area contributed by atoms with Gasteiger partial charge in [-0.1, -0.05) is 18.2 Å². The highest BCUT2D eigenvalue weighted by Crippen LogP contribution is 2.37. The lowest BCUT2D eigenvalue weighted by Crippen LogP contribution is -2.40. The van der Waals surface area contributed by atoms with Gasteiger partial charge < -0.3 is 19.2 Å². The van der Waals surface area contributed by atoms with Crippen molar-refractivity contribution < 1.29 is 19.1 Å². The molecule has 0 spiro atoms. The molecule has 1 saturated heterocycles. The molecular formula is C19H21NO4. The molecule has 3 atom stereocenters. The fourth-order valence-electron chi connectivity index (χ4n) is 3.79. The Kier molecular flexibility index (Phi) is 4.02. The maximum absolute atomic E-state index is 13.0. The Bertz CT molecular complexity index is 712. The van der Waals surface area contributed by atoms with Crippen LogP contribution in [0.1, 0.15) is 42.6 Å². The van der Waals surface area contributed by atoms with Gasteiger partial charge in [0.25, 0.3) is 0 Å². The maximum atomic E-state index is 13.0. The minimum Gasteiger partial charge on any atom is -0.492 e. The molecule has 2 aliphatic heterocycles. The zero-order valence-corrected chi connectivity index (χ0v) is 13.4. The number of aliphatic hydroxyl groups excluding tert-OH is 1. The molecule has 0 saturated carbocycles. The molecule has 2 aliphatic rings. The van der Waals surface area contributed by atoms with E-state index in [4.69, 9.17) is 9.15 Å². The van der Waals surface area contributed by atoms with Crippen LogP contribution in [-0.4, -0.2) is 35.1 Å². The molecule has 0 bridgehead atoms. The molecule has 3 heterocycles. The molecule has 126 valence electrons. The second kappa shape index (κ2) is 6.32. The summed E-state index contributed by atoms with van der Waals surface area (Å²) >= 11 is 0. The topological polar surface area (TPSA) is 62.9 Å². The van der Waals surface area contributed by atoms with E-state index in [2.05, 4.69) is 0 Å². The Morgan fingerprint density at radius 3 is 3.00 bits per heavy atom. The van der Waals surface area contributed by atoms with Gasteiger partial charge in [-0.25, -0.2) is 0 Å². The van der Waals surface area contributed by atoms with Crippen LogP contribution in [0.4, 0.5) is 0 Å². The van der Waals surface area contributed by atoms with Crippen molar-refractivity contribution in [2.75, 3.05) is 13.2 Å². The number of carbonyl (C=O) groups excluding carboxylic acids is 1. The van der Waals surface area contributed by atoms with E-state index in [9.17, 15) is 9.90 Å². The highest BCUT2D eigenvalue weighted by Gasteiger charge is 2.38. The third-order valence-corrected chi connectivity index (χ3v) is 5.03. The summed E-state index contributed by atoms with van der Waals surface area (Å²) in [6.07, 6.45) is 3.28. The summed E-state index contributed by atoms with van der Waals surface area (Å²) in [5, 5.41) is 10.3. The average molecular weight is 327 g/mol. The van der Waals surface area contributed by atoms with Gasteiger partial charge in [-0.15, -0.1) is 0 Å². The number of aliphatic hydroxyl groups is 1. The van der Waals surface area contributed by atoms with Gasteiger partial charge in [0.1, 0.15) is 30.1 Å². The van der Waals surface area contributed by atoms with Crippen LogP contribution in [0.25, 0.3) is 0 Å². The smallest absolute Gasteiger partial charge is 0.233 e. The number of fused-ring (bicyclic) bond motifs is 1. The second-order valence-electron chi connectivity index (χ2n) is 6.50. The van der Waals surface area contributed by atoms with Crippen molar-refractivity contribution in [3.63, 3.8) is 0 Å². The molecule has 1 aromatic carbocycles. The first-order valence-corrected chi connectivity index (χ1v) is 8.47. The van der Waals surface area contributed by atoms with Gasteiger partial charge in [0.05, 0.1) is 6.26 Å². The number of hydrogen-bond acceptors (Lipinski definition) is 4. The van der Waals surface area contributed by atoms with Crippen LogP contribution in [0.15, 0.2) is 47.1 Å². The molecular weight excluding hydrogens is 306 g/mol. The number of amides is 1. The van der Waals surface area contributed by atoms with Crippen LogP contribution < -0.4 is 4.74 Å². The molecule has 5 nitrogen and oxygen atoms in total. The number of para-hydroxylation sites is 1. The van der Waals surface area contributed by atoms with Gasteiger partial charge in [-0.2, -0.15) is 0 Å². The number of benzene rings is 1. The first kappa shape index (κ1) is 15.3. The Balaban J connectivity index is 1.48. The van der Waals surface area contributed by atoms with E-state index in [0.29, 0.717) is 18.8 Å². The summed E-state index contributed by atoms with van der Waals surface area (Å²) in [6, 6.07) is 11.3. The van der Waals surface area contributed by atoms with Crippen molar-refractivity contribution >= 4 is 5.91 Å². The summed E-state index contributed by atoms with van der Waals surface area (Å²) in [5.74, 6) is 1.24.